The summed E-state index contributed by atoms with van der Waals surface area (Å²) in [5, 5.41) is 17.5. The first-order valence-corrected chi connectivity index (χ1v) is 12.6. The van der Waals surface area contributed by atoms with Crippen LogP contribution in [0, 0.1) is 5.92 Å². The van der Waals surface area contributed by atoms with Crippen molar-refractivity contribution in [3.05, 3.63) is 48.0 Å². The van der Waals surface area contributed by atoms with Gasteiger partial charge in [-0.15, -0.1) is 0 Å². The summed E-state index contributed by atoms with van der Waals surface area (Å²) in [6.45, 7) is 4.54. The highest BCUT2D eigenvalue weighted by Gasteiger charge is 2.37. The molecule has 3 amide bonds. The van der Waals surface area contributed by atoms with Gasteiger partial charge in [0.25, 0.3) is 0 Å². The summed E-state index contributed by atoms with van der Waals surface area (Å²) in [5.41, 5.74) is 6.40. The van der Waals surface area contributed by atoms with E-state index in [-0.39, 0.29) is 37.2 Å². The highest BCUT2D eigenvalue weighted by molar-refractivity contribution is 5.93. The van der Waals surface area contributed by atoms with E-state index in [1.165, 1.54) is 0 Å². The average molecular weight is 483 g/mol. The number of hydrogen-bond donors (Lipinski definition) is 4. The fraction of sp³-hybridized carbons (Fsp3) is 0.519. The van der Waals surface area contributed by atoms with E-state index >= 15 is 0 Å². The molecule has 1 heterocycles. The van der Waals surface area contributed by atoms with Gasteiger partial charge in [-0.05, 0) is 42.0 Å². The van der Waals surface area contributed by atoms with Crippen molar-refractivity contribution in [1.29, 1.82) is 0 Å². The molecule has 0 bridgehead atoms. The molecule has 0 aromatic heterocycles. The predicted octanol–water partition coefficient (Wildman–Crippen LogP) is 1.73. The van der Waals surface area contributed by atoms with Crippen molar-refractivity contribution in [3.63, 3.8) is 0 Å². The van der Waals surface area contributed by atoms with Crippen LogP contribution in [0.1, 0.15) is 45.1 Å². The van der Waals surface area contributed by atoms with E-state index in [1.807, 2.05) is 56.3 Å². The van der Waals surface area contributed by atoms with Crippen LogP contribution in [0.3, 0.4) is 0 Å². The lowest BCUT2D eigenvalue weighted by Crippen LogP contribution is -2.55. The van der Waals surface area contributed by atoms with Gasteiger partial charge >= 0.3 is 0 Å². The largest absolute Gasteiger partial charge is 0.390 e. The van der Waals surface area contributed by atoms with Crippen molar-refractivity contribution in [2.24, 2.45) is 11.7 Å². The van der Waals surface area contributed by atoms with E-state index in [0.717, 1.165) is 35.6 Å². The van der Waals surface area contributed by atoms with Crippen molar-refractivity contribution < 1.29 is 19.5 Å². The molecule has 1 saturated heterocycles. The van der Waals surface area contributed by atoms with E-state index < -0.39 is 24.1 Å². The highest BCUT2D eigenvalue weighted by atomic mass is 16.3. The number of benzene rings is 2. The number of likely N-dealkylation sites (tertiary alicyclic amines) is 1. The molecule has 35 heavy (non-hydrogen) atoms. The van der Waals surface area contributed by atoms with Gasteiger partial charge in [-0.3, -0.25) is 14.4 Å². The number of carbonyl (C=O) groups excluding carboxylic acids is 3. The molecule has 8 heteroatoms. The Morgan fingerprint density at radius 2 is 1.83 bits per heavy atom. The number of aliphatic hydroxyl groups excluding tert-OH is 1. The average Bonchev–Trinajstić information content (AvgIpc) is 3.37. The third-order valence-electron chi connectivity index (χ3n) is 6.89. The lowest BCUT2D eigenvalue weighted by Gasteiger charge is -2.29. The zero-order chi connectivity index (χ0) is 25.4. The first-order valence-electron chi connectivity index (χ1n) is 12.6. The minimum atomic E-state index is -0.865. The molecule has 1 aliphatic heterocycles. The van der Waals surface area contributed by atoms with Gasteiger partial charge in [0.2, 0.25) is 17.7 Å². The number of hydrogen-bond acceptors (Lipinski definition) is 5. The van der Waals surface area contributed by atoms with Crippen LogP contribution in [0.5, 0.6) is 0 Å². The van der Waals surface area contributed by atoms with Crippen LogP contribution in [-0.2, 0) is 20.8 Å². The Morgan fingerprint density at radius 1 is 1.11 bits per heavy atom. The van der Waals surface area contributed by atoms with Crippen LogP contribution >= 0.6 is 0 Å². The van der Waals surface area contributed by atoms with E-state index in [1.54, 1.807) is 4.90 Å². The lowest BCUT2D eigenvalue weighted by molar-refractivity contribution is -0.142. The molecule has 5 N–H and O–H groups in total. The number of nitrogens with one attached hydrogen (secondary N) is 2. The fourth-order valence-electron chi connectivity index (χ4n) is 4.77. The van der Waals surface area contributed by atoms with Gasteiger partial charge in [0.05, 0.1) is 6.10 Å². The summed E-state index contributed by atoms with van der Waals surface area (Å²) < 4.78 is 0. The number of amides is 3. The number of carbonyl (C=O) groups is 3. The Kier molecular flexibility index (Phi) is 9.63. The minimum absolute atomic E-state index is 0.0000390. The molecule has 0 radical (unpaired) electrons. The maximum absolute atomic E-state index is 13.4. The van der Waals surface area contributed by atoms with Crippen LogP contribution in [0.4, 0.5) is 0 Å². The van der Waals surface area contributed by atoms with Crippen LogP contribution in [0.15, 0.2) is 42.5 Å². The summed E-state index contributed by atoms with van der Waals surface area (Å²) in [6, 6.07) is 12.3. The normalized spacial score (nSPS) is 17.4. The van der Waals surface area contributed by atoms with Crippen LogP contribution in [0.2, 0.25) is 0 Å². The summed E-state index contributed by atoms with van der Waals surface area (Å²) >= 11 is 0. The quantitative estimate of drug-likeness (QED) is 0.388. The second-order valence-electron chi connectivity index (χ2n) is 9.24. The summed E-state index contributed by atoms with van der Waals surface area (Å²) in [7, 11) is 0. The first kappa shape index (κ1) is 26.6. The van der Waals surface area contributed by atoms with Gasteiger partial charge in [0, 0.05) is 32.0 Å². The molecule has 0 spiro atoms. The van der Waals surface area contributed by atoms with Gasteiger partial charge < -0.3 is 26.4 Å². The number of nitrogens with two attached hydrogens (primary N) is 1. The second kappa shape index (κ2) is 12.7. The third-order valence-corrected chi connectivity index (χ3v) is 6.89. The fourth-order valence-corrected chi connectivity index (χ4v) is 4.77. The Bertz CT molecular complexity index is 1020. The third kappa shape index (κ3) is 6.58. The standard InChI is InChI=1S/C27H38N4O4/c1-3-18(4-2)27(35)31-14-8-13-24(31)26(34)30-23(25(33)29-17-21(32)16-28)15-20-11-7-10-19-9-5-6-12-22(19)20/h5-7,9-12,18,21,23-24,32H,3-4,8,13-17,28H2,1-2H3,(H,29,33)(H,30,34)/t21?,23-,24?/m1/s1. The summed E-state index contributed by atoms with van der Waals surface area (Å²) in [5.74, 6) is -0.805. The monoisotopic (exact) mass is 482 g/mol. The number of fused-ring (bicyclic) bond motifs is 1. The minimum Gasteiger partial charge on any atom is -0.390 e. The van der Waals surface area contributed by atoms with Gasteiger partial charge in [-0.25, -0.2) is 0 Å². The van der Waals surface area contributed by atoms with Crippen molar-refractivity contribution in [2.45, 2.75) is 64.1 Å². The lowest BCUT2D eigenvalue weighted by atomic mass is 9.98. The maximum Gasteiger partial charge on any atom is 0.243 e. The first-order chi connectivity index (χ1) is 16.9. The van der Waals surface area contributed by atoms with Crippen molar-refractivity contribution in [1.82, 2.24) is 15.5 Å². The van der Waals surface area contributed by atoms with E-state index in [4.69, 9.17) is 5.73 Å². The smallest absolute Gasteiger partial charge is 0.243 e. The van der Waals surface area contributed by atoms with E-state index in [2.05, 4.69) is 10.6 Å². The van der Waals surface area contributed by atoms with Crippen LogP contribution < -0.4 is 16.4 Å². The Balaban J connectivity index is 1.81. The maximum atomic E-state index is 13.4. The SMILES string of the molecule is CCC(CC)C(=O)N1CCCC1C(=O)N[C@H](Cc1cccc2ccccc12)C(=O)NCC(O)CN. The molecule has 2 unspecified atom stereocenters. The number of nitrogens with zero attached hydrogens (tertiary/aromatic N) is 1. The van der Waals surface area contributed by atoms with Crippen LogP contribution in [0.25, 0.3) is 10.8 Å². The second-order valence-corrected chi connectivity index (χ2v) is 9.24. The van der Waals surface area contributed by atoms with Crippen molar-refractivity contribution in [2.75, 3.05) is 19.6 Å². The van der Waals surface area contributed by atoms with Gasteiger partial charge in [0.1, 0.15) is 12.1 Å². The molecular weight excluding hydrogens is 444 g/mol. The van der Waals surface area contributed by atoms with Crippen molar-refractivity contribution >= 4 is 28.5 Å². The molecule has 0 saturated carbocycles. The van der Waals surface area contributed by atoms with Gasteiger partial charge in [-0.2, -0.15) is 0 Å². The zero-order valence-corrected chi connectivity index (χ0v) is 20.7. The number of rotatable bonds is 11. The van der Waals surface area contributed by atoms with E-state index in [9.17, 15) is 19.5 Å². The molecule has 190 valence electrons. The summed E-state index contributed by atoms with van der Waals surface area (Å²) in [4.78, 5) is 41.2. The van der Waals surface area contributed by atoms with Gasteiger partial charge in [-0.1, -0.05) is 56.3 Å². The molecule has 3 atom stereocenters. The van der Waals surface area contributed by atoms with Gasteiger partial charge in [0.15, 0.2) is 0 Å². The van der Waals surface area contributed by atoms with Crippen LogP contribution in [-0.4, -0.2) is 65.5 Å². The molecule has 1 fully saturated rings. The Labute approximate surface area is 207 Å². The van der Waals surface area contributed by atoms with E-state index in [0.29, 0.717) is 13.0 Å². The zero-order valence-electron chi connectivity index (χ0n) is 20.7. The topological polar surface area (TPSA) is 125 Å². The molecule has 3 rings (SSSR count). The molecule has 0 aliphatic carbocycles. The Morgan fingerprint density at radius 3 is 2.54 bits per heavy atom. The molecule has 1 aliphatic rings. The Hall–Kier alpha value is -2.97. The van der Waals surface area contributed by atoms with Crippen molar-refractivity contribution in [3.8, 4) is 0 Å². The molecule has 8 nitrogen and oxygen atoms in total. The summed E-state index contributed by atoms with van der Waals surface area (Å²) in [6.07, 6.45) is 2.21. The molecule has 2 aromatic rings. The predicted molar refractivity (Wildman–Crippen MR) is 136 cm³/mol. The number of aliphatic hydroxyl groups is 1. The molecular formula is C27H38N4O4. The highest BCUT2D eigenvalue weighted by Crippen LogP contribution is 2.24. The molecule has 2 aromatic carbocycles.